The monoisotopic (exact) mass is 590 g/mol. The van der Waals surface area contributed by atoms with Gasteiger partial charge in [-0.15, -0.1) is 0 Å². The van der Waals surface area contributed by atoms with Gasteiger partial charge in [-0.2, -0.15) is 0 Å². The SMILES string of the molecule is [2H]c1c([2H])c([2H])c(-c2c([2H])c([2H])c(-c3c([2H])c([2H])c(N(c4c([2H])c([2H])c([2H])c(-c5cccc6ccccc56)c4[2H])c4cccc5ccccc45)c([2H])c3[2H])c([2H])c2[2H])c([2H])c1[2H]. The van der Waals surface area contributed by atoms with Crippen molar-refractivity contribution in [2.75, 3.05) is 4.90 Å². The van der Waals surface area contributed by atoms with E-state index >= 15 is 0 Å². The first kappa shape index (κ1) is 14.2. The zero-order valence-electron chi connectivity index (χ0n) is 40.5. The zero-order valence-corrected chi connectivity index (χ0v) is 23.5. The van der Waals surface area contributed by atoms with Gasteiger partial charge in [0.05, 0.1) is 29.0 Å². The second-order valence-corrected chi connectivity index (χ2v) is 10.1. The van der Waals surface area contributed by atoms with Crippen LogP contribution in [0.1, 0.15) is 23.3 Å². The molecule has 0 spiro atoms. The van der Waals surface area contributed by atoms with Crippen molar-refractivity contribution in [2.45, 2.75) is 0 Å². The summed E-state index contributed by atoms with van der Waals surface area (Å²) in [4.78, 5) is 1.19. The third-order valence-corrected chi connectivity index (χ3v) is 7.36. The van der Waals surface area contributed by atoms with E-state index in [1.807, 2.05) is 18.2 Å². The largest absolute Gasteiger partial charge is 0.310 e. The van der Waals surface area contributed by atoms with Crippen LogP contribution in [0.5, 0.6) is 0 Å². The molecule has 0 saturated carbocycles. The normalized spacial score (nSPS) is 16.4. The van der Waals surface area contributed by atoms with E-state index in [2.05, 4.69) is 0 Å². The summed E-state index contributed by atoms with van der Waals surface area (Å²) in [5.74, 6) is 0. The van der Waals surface area contributed by atoms with Crippen molar-refractivity contribution in [3.05, 3.63) is 188 Å². The number of rotatable bonds is 6. The topological polar surface area (TPSA) is 3.24 Å². The fourth-order valence-corrected chi connectivity index (χ4v) is 5.26. The van der Waals surface area contributed by atoms with Gasteiger partial charge in [-0.25, -0.2) is 0 Å². The number of anilines is 3. The molecule has 8 aromatic carbocycles. The molecule has 0 amide bonds. The Bertz CT molecular complexity index is 3140. The quantitative estimate of drug-likeness (QED) is 0.186. The maximum absolute atomic E-state index is 9.73. The minimum Gasteiger partial charge on any atom is -0.310 e. The lowest BCUT2D eigenvalue weighted by Crippen LogP contribution is -2.10. The van der Waals surface area contributed by atoms with Gasteiger partial charge in [-0.1, -0.05) is 157 Å². The summed E-state index contributed by atoms with van der Waals surface area (Å²) in [6.07, 6.45) is 0. The molecule has 45 heavy (non-hydrogen) atoms. The Morgan fingerprint density at radius 3 is 1.62 bits per heavy atom. The lowest BCUT2D eigenvalue weighted by molar-refractivity contribution is 1.30. The third kappa shape index (κ3) is 5.15. The van der Waals surface area contributed by atoms with Gasteiger partial charge in [0.1, 0.15) is 0 Å². The molecule has 1 heteroatoms. The van der Waals surface area contributed by atoms with E-state index in [0.717, 1.165) is 5.39 Å². The molecule has 8 aromatic rings. The highest BCUT2D eigenvalue weighted by Crippen LogP contribution is 2.41. The van der Waals surface area contributed by atoms with E-state index in [1.165, 1.54) is 4.90 Å². The molecule has 0 aliphatic carbocycles. The van der Waals surface area contributed by atoms with E-state index in [4.69, 9.17) is 15.1 Å². The van der Waals surface area contributed by atoms with Crippen LogP contribution in [-0.4, -0.2) is 0 Å². The Morgan fingerprint density at radius 2 is 0.911 bits per heavy atom. The molecule has 1 nitrogen and oxygen atoms in total. The molecule has 8 rings (SSSR count). The van der Waals surface area contributed by atoms with Crippen LogP contribution < -0.4 is 4.90 Å². The molecule has 0 N–H and O–H groups in total. The van der Waals surface area contributed by atoms with Gasteiger partial charge in [-0.05, 0) is 79.8 Å². The summed E-state index contributed by atoms with van der Waals surface area (Å²) in [6.45, 7) is 0. The van der Waals surface area contributed by atoms with E-state index in [1.54, 1.807) is 66.7 Å². The van der Waals surface area contributed by atoms with Gasteiger partial charge in [0.2, 0.25) is 0 Å². The molecule has 212 valence electrons. The van der Waals surface area contributed by atoms with Crippen molar-refractivity contribution in [3.63, 3.8) is 0 Å². The minimum atomic E-state index is -0.862. The summed E-state index contributed by atoms with van der Waals surface area (Å²) < 4.78 is 152. The predicted octanol–water partition coefficient (Wildman–Crippen LogP) is 12.5. The highest BCUT2D eigenvalue weighted by Gasteiger charge is 2.17. The van der Waals surface area contributed by atoms with E-state index in [9.17, 15) is 8.22 Å². The van der Waals surface area contributed by atoms with Crippen molar-refractivity contribution in [2.24, 2.45) is 0 Å². The summed E-state index contributed by atoms with van der Waals surface area (Å²) >= 11 is 0. The highest BCUT2D eigenvalue weighted by atomic mass is 15.1. The maximum Gasteiger partial charge on any atom is 0.0651 e. The van der Waals surface area contributed by atoms with Crippen LogP contribution in [0.25, 0.3) is 54.9 Å². The van der Waals surface area contributed by atoms with Crippen LogP contribution in [0.3, 0.4) is 0 Å². The lowest BCUT2D eigenvalue weighted by Gasteiger charge is -2.27. The molecular formula is C44H31N. The number of nitrogens with zero attached hydrogens (tertiary/aromatic N) is 1. The van der Waals surface area contributed by atoms with Crippen LogP contribution in [0, 0.1) is 0 Å². The number of hydrogen-bond donors (Lipinski definition) is 0. The van der Waals surface area contributed by atoms with E-state index in [-0.39, 0.29) is 16.9 Å². The van der Waals surface area contributed by atoms with Crippen molar-refractivity contribution in [1.82, 2.24) is 0 Å². The first-order valence-electron chi connectivity index (χ1n) is 22.6. The molecule has 0 aromatic heterocycles. The Hall–Kier alpha value is -5.92. The lowest BCUT2D eigenvalue weighted by atomic mass is 9.97. The van der Waals surface area contributed by atoms with Gasteiger partial charge < -0.3 is 4.90 Å². The average molecular weight is 591 g/mol. The van der Waals surface area contributed by atoms with Crippen LogP contribution in [0.2, 0.25) is 0 Å². The molecule has 0 unspecified atom stereocenters. The fourth-order valence-electron chi connectivity index (χ4n) is 5.26. The molecular weight excluding hydrogens is 542 g/mol. The van der Waals surface area contributed by atoms with Crippen LogP contribution in [0.15, 0.2) is 188 Å². The van der Waals surface area contributed by atoms with Gasteiger partial charge in [0.15, 0.2) is 0 Å². The molecule has 0 radical (unpaired) electrons. The molecule has 0 heterocycles. The molecule has 0 atom stereocenters. The van der Waals surface area contributed by atoms with E-state index in [0.29, 0.717) is 21.7 Å². The molecule has 0 fully saturated rings. The fraction of sp³-hybridized carbons (Fsp3) is 0. The average Bonchev–Trinajstić information content (AvgIpc) is 3.27. The number of benzene rings is 8. The van der Waals surface area contributed by atoms with E-state index < -0.39 is 131 Å². The molecule has 0 aliphatic heterocycles. The van der Waals surface area contributed by atoms with Crippen LogP contribution >= 0.6 is 0 Å². The summed E-state index contributed by atoms with van der Waals surface area (Å²) in [7, 11) is 0. The maximum atomic E-state index is 9.73. The van der Waals surface area contributed by atoms with Crippen LogP contribution in [-0.2, 0) is 0 Å². The molecule has 0 aliphatic rings. The summed E-state index contributed by atoms with van der Waals surface area (Å²) in [6, 6.07) is 12.2. The first-order valence-corrected chi connectivity index (χ1v) is 14.1. The minimum absolute atomic E-state index is 0.0160. The van der Waals surface area contributed by atoms with Crippen LogP contribution in [0.4, 0.5) is 17.1 Å². The summed E-state index contributed by atoms with van der Waals surface area (Å²) in [5, 5.41) is 2.61. The number of hydrogen-bond acceptors (Lipinski definition) is 1. The van der Waals surface area contributed by atoms with Gasteiger partial charge >= 0.3 is 0 Å². The highest BCUT2D eigenvalue weighted by molar-refractivity contribution is 6.01. The predicted molar refractivity (Wildman–Crippen MR) is 192 cm³/mol. The van der Waals surface area contributed by atoms with Gasteiger partial charge in [0.25, 0.3) is 0 Å². The second kappa shape index (κ2) is 11.6. The summed E-state index contributed by atoms with van der Waals surface area (Å²) in [5.41, 5.74) is -2.70. The zero-order chi connectivity index (χ0) is 44.8. The Labute approximate surface area is 288 Å². The third-order valence-electron chi connectivity index (χ3n) is 7.36. The van der Waals surface area contributed by atoms with Crippen molar-refractivity contribution >= 4 is 38.6 Å². The second-order valence-electron chi connectivity index (χ2n) is 10.1. The van der Waals surface area contributed by atoms with Crippen molar-refractivity contribution in [1.29, 1.82) is 0 Å². The molecule has 0 saturated heterocycles. The van der Waals surface area contributed by atoms with Crippen molar-refractivity contribution in [3.8, 4) is 33.4 Å². The Kier molecular flexibility index (Phi) is 3.68. The van der Waals surface area contributed by atoms with Crippen molar-refractivity contribution < 1.29 is 23.3 Å². The standard InChI is InChI=1S/C44H31N/c1-2-11-32(12-3-1)33-23-25-34(26-24-33)35-27-29-39(30-28-35)45(44-22-10-16-37-14-5-7-20-43(37)44)40-18-8-17-38(31-40)42-21-9-15-36-13-4-6-19-41(36)42/h1-31H/i1D,2D,3D,8D,11D,12D,17D,18D,23D,24D,25D,26D,27D,28D,29D,30D,31D. The first-order chi connectivity index (χ1) is 29.4. The van der Waals surface area contributed by atoms with Gasteiger partial charge in [0, 0.05) is 16.8 Å². The number of fused-ring (bicyclic) bond motifs is 2. The smallest absolute Gasteiger partial charge is 0.0651 e. The Morgan fingerprint density at radius 1 is 0.378 bits per heavy atom. The Balaban J connectivity index is 1.45. The van der Waals surface area contributed by atoms with Gasteiger partial charge in [-0.3, -0.25) is 0 Å². The molecule has 0 bridgehead atoms.